The van der Waals surface area contributed by atoms with Crippen LogP contribution < -0.4 is 5.32 Å². The fourth-order valence-electron chi connectivity index (χ4n) is 2.74. The lowest BCUT2D eigenvalue weighted by Crippen LogP contribution is -2.37. The average Bonchev–Trinajstić information content (AvgIpc) is 2.94. The van der Waals surface area contributed by atoms with Crippen molar-refractivity contribution >= 4 is 10.1 Å². The molecule has 0 radical (unpaired) electrons. The molecule has 2 aliphatic heterocycles. The third-order valence-electron chi connectivity index (χ3n) is 3.76. The molecule has 110 valence electrons. The van der Waals surface area contributed by atoms with Crippen molar-refractivity contribution in [2.45, 2.75) is 36.2 Å². The van der Waals surface area contributed by atoms with Crippen molar-refractivity contribution in [3.63, 3.8) is 0 Å². The number of benzene rings is 1. The van der Waals surface area contributed by atoms with Gasteiger partial charge in [-0.05, 0) is 18.6 Å². The van der Waals surface area contributed by atoms with E-state index in [1.54, 1.807) is 25.1 Å². The van der Waals surface area contributed by atoms with Gasteiger partial charge in [0.1, 0.15) is 12.2 Å². The van der Waals surface area contributed by atoms with Crippen molar-refractivity contribution in [1.82, 2.24) is 5.32 Å². The summed E-state index contributed by atoms with van der Waals surface area (Å²) in [6.07, 6.45) is -1.65. The molecule has 1 aromatic carbocycles. The van der Waals surface area contributed by atoms with Crippen molar-refractivity contribution in [2.75, 3.05) is 13.2 Å². The van der Waals surface area contributed by atoms with Crippen molar-refractivity contribution in [2.24, 2.45) is 0 Å². The van der Waals surface area contributed by atoms with Crippen molar-refractivity contribution in [3.8, 4) is 0 Å². The molecule has 2 heterocycles. The first-order chi connectivity index (χ1) is 9.49. The third-order valence-corrected chi connectivity index (χ3v) is 5.26. The average molecular weight is 299 g/mol. The second-order valence-electron chi connectivity index (χ2n) is 5.15. The highest BCUT2D eigenvalue weighted by Gasteiger charge is 2.48. The zero-order valence-corrected chi connectivity index (χ0v) is 11.8. The highest BCUT2D eigenvalue weighted by Crippen LogP contribution is 2.27. The molecule has 0 unspecified atom stereocenters. The topological polar surface area (TPSA) is 84.9 Å². The van der Waals surface area contributed by atoms with E-state index < -0.39 is 28.4 Å². The largest absolute Gasteiger partial charge is 0.389 e. The summed E-state index contributed by atoms with van der Waals surface area (Å²) in [4.78, 5) is 0.169. The van der Waals surface area contributed by atoms with E-state index in [1.807, 2.05) is 0 Å². The Hall–Kier alpha value is -0.990. The predicted molar refractivity (Wildman–Crippen MR) is 70.8 cm³/mol. The monoisotopic (exact) mass is 299 g/mol. The van der Waals surface area contributed by atoms with Gasteiger partial charge in [-0.3, -0.25) is 4.18 Å². The molecule has 2 N–H and O–H groups in total. The minimum Gasteiger partial charge on any atom is -0.389 e. The molecule has 2 saturated heterocycles. The van der Waals surface area contributed by atoms with E-state index in [9.17, 15) is 13.5 Å². The molecule has 0 aliphatic carbocycles. The van der Waals surface area contributed by atoms with E-state index in [4.69, 9.17) is 8.92 Å². The Balaban J connectivity index is 1.80. The molecule has 2 fully saturated rings. The summed E-state index contributed by atoms with van der Waals surface area (Å²) >= 11 is 0. The molecule has 0 spiro atoms. The molecule has 2 aliphatic rings. The quantitative estimate of drug-likeness (QED) is 0.752. The van der Waals surface area contributed by atoms with E-state index in [1.165, 1.54) is 6.07 Å². The highest BCUT2D eigenvalue weighted by atomic mass is 32.2. The van der Waals surface area contributed by atoms with Gasteiger partial charge in [0.2, 0.25) is 0 Å². The first-order valence-electron chi connectivity index (χ1n) is 6.51. The Kier molecular flexibility index (Phi) is 3.55. The van der Waals surface area contributed by atoms with E-state index in [0.717, 1.165) is 0 Å². The number of hydrogen-bond acceptors (Lipinski definition) is 6. The summed E-state index contributed by atoms with van der Waals surface area (Å²) in [5, 5.41) is 12.7. The molecule has 1 aromatic rings. The maximum atomic E-state index is 12.3. The molecule has 4 atom stereocenters. The lowest BCUT2D eigenvalue weighted by molar-refractivity contribution is 0.0278. The van der Waals surface area contributed by atoms with E-state index in [2.05, 4.69) is 5.32 Å². The van der Waals surface area contributed by atoms with Gasteiger partial charge >= 0.3 is 0 Å². The van der Waals surface area contributed by atoms with Crippen LogP contribution in [0.4, 0.5) is 0 Å². The van der Waals surface area contributed by atoms with Gasteiger partial charge in [0.05, 0.1) is 23.6 Å². The molecule has 20 heavy (non-hydrogen) atoms. The van der Waals surface area contributed by atoms with Gasteiger partial charge in [0, 0.05) is 6.54 Å². The van der Waals surface area contributed by atoms with Crippen LogP contribution >= 0.6 is 0 Å². The van der Waals surface area contributed by atoms with Crippen LogP contribution in [0.1, 0.15) is 5.56 Å². The molecular formula is C13H17NO5S. The smallest absolute Gasteiger partial charge is 0.297 e. The van der Waals surface area contributed by atoms with Crippen LogP contribution in [-0.4, -0.2) is 51.0 Å². The number of aliphatic hydroxyl groups is 1. The zero-order chi connectivity index (χ0) is 14.3. The summed E-state index contributed by atoms with van der Waals surface area (Å²) in [7, 11) is -3.83. The molecule has 0 aromatic heterocycles. The predicted octanol–water partition coefficient (Wildman–Crippen LogP) is -0.200. The summed E-state index contributed by atoms with van der Waals surface area (Å²) < 4.78 is 35.3. The minimum absolute atomic E-state index is 0.169. The fourth-order valence-corrected chi connectivity index (χ4v) is 4.05. The Morgan fingerprint density at radius 3 is 2.90 bits per heavy atom. The van der Waals surface area contributed by atoms with Gasteiger partial charge in [0.25, 0.3) is 10.1 Å². The Morgan fingerprint density at radius 2 is 2.15 bits per heavy atom. The van der Waals surface area contributed by atoms with Crippen LogP contribution in [0.2, 0.25) is 0 Å². The van der Waals surface area contributed by atoms with Crippen molar-refractivity contribution in [1.29, 1.82) is 0 Å². The highest BCUT2D eigenvalue weighted by molar-refractivity contribution is 7.86. The number of hydrogen-bond donors (Lipinski definition) is 2. The Bertz CT molecular complexity index is 603. The maximum Gasteiger partial charge on any atom is 0.297 e. The summed E-state index contributed by atoms with van der Waals surface area (Å²) in [6, 6.07) is 6.43. The van der Waals surface area contributed by atoms with Crippen molar-refractivity contribution in [3.05, 3.63) is 29.8 Å². The molecule has 0 saturated carbocycles. The van der Waals surface area contributed by atoms with Crippen LogP contribution in [0.3, 0.4) is 0 Å². The van der Waals surface area contributed by atoms with E-state index in [0.29, 0.717) is 12.1 Å². The lowest BCUT2D eigenvalue weighted by Gasteiger charge is -2.17. The third kappa shape index (κ3) is 2.36. The molecular weight excluding hydrogens is 282 g/mol. The normalized spacial score (nSPS) is 33.3. The van der Waals surface area contributed by atoms with E-state index >= 15 is 0 Å². The number of nitrogens with one attached hydrogen (secondary N) is 1. The maximum absolute atomic E-state index is 12.3. The number of aliphatic hydroxyl groups excluding tert-OH is 1. The fraction of sp³-hybridized carbons (Fsp3) is 0.538. The first-order valence-corrected chi connectivity index (χ1v) is 7.92. The lowest BCUT2D eigenvalue weighted by atomic mass is 10.1. The van der Waals surface area contributed by atoms with Gasteiger partial charge in [0.15, 0.2) is 0 Å². The van der Waals surface area contributed by atoms with Crippen LogP contribution in [-0.2, 0) is 19.0 Å². The van der Waals surface area contributed by atoms with Crippen LogP contribution in [0, 0.1) is 6.92 Å². The van der Waals surface area contributed by atoms with E-state index in [-0.39, 0.29) is 17.5 Å². The Labute approximate surface area is 117 Å². The Morgan fingerprint density at radius 1 is 1.40 bits per heavy atom. The van der Waals surface area contributed by atoms with Crippen LogP contribution in [0.25, 0.3) is 0 Å². The summed E-state index contributed by atoms with van der Waals surface area (Å²) in [5.41, 5.74) is 0.641. The van der Waals surface area contributed by atoms with Gasteiger partial charge in [-0.1, -0.05) is 18.2 Å². The molecule has 3 rings (SSSR count). The van der Waals surface area contributed by atoms with Crippen molar-refractivity contribution < 1.29 is 22.4 Å². The summed E-state index contributed by atoms with van der Waals surface area (Å²) in [6.45, 7) is 2.27. The second-order valence-corrected chi connectivity index (χ2v) is 6.69. The van der Waals surface area contributed by atoms with Gasteiger partial charge in [-0.15, -0.1) is 0 Å². The minimum atomic E-state index is -3.83. The summed E-state index contributed by atoms with van der Waals surface area (Å²) in [5.74, 6) is 0. The molecule has 7 heteroatoms. The number of aryl methyl sites for hydroxylation is 1. The number of fused-ring (bicyclic) bond motifs is 1. The van der Waals surface area contributed by atoms with Gasteiger partial charge in [-0.2, -0.15) is 8.42 Å². The second kappa shape index (κ2) is 5.09. The number of ether oxygens (including phenoxy) is 1. The SMILES string of the molecule is Cc1ccccc1S(=O)(=O)O[C@@H]1CN[C@H]2[C@@H]1OC[C@@H]2O. The van der Waals surface area contributed by atoms with Crippen LogP contribution in [0.15, 0.2) is 29.2 Å². The zero-order valence-electron chi connectivity index (χ0n) is 11.0. The van der Waals surface area contributed by atoms with Gasteiger partial charge in [-0.25, -0.2) is 0 Å². The van der Waals surface area contributed by atoms with Crippen LogP contribution in [0.5, 0.6) is 0 Å². The molecule has 0 amide bonds. The standard InChI is InChI=1S/C13H17NO5S/c1-8-4-2-3-5-11(8)20(16,17)19-10-6-14-12-9(15)7-18-13(10)12/h2-5,9-10,12-15H,6-7H2,1H3/t9-,10+,12+,13+/m0/s1. The van der Waals surface area contributed by atoms with Gasteiger partial charge < -0.3 is 15.2 Å². The first kappa shape index (κ1) is 14.0. The molecule has 6 nitrogen and oxygen atoms in total. The molecule has 0 bridgehead atoms. The number of rotatable bonds is 3.